The molecule has 0 aliphatic rings. The predicted molar refractivity (Wildman–Crippen MR) is 72.7 cm³/mol. The molecule has 2 nitrogen and oxygen atoms in total. The molecule has 0 aliphatic heterocycles. The minimum absolute atomic E-state index is 0.0600. The van der Waals surface area contributed by atoms with Crippen molar-refractivity contribution in [3.8, 4) is 0 Å². The zero-order valence-corrected chi connectivity index (χ0v) is 11.1. The highest BCUT2D eigenvalue weighted by Gasteiger charge is 2.08. The minimum atomic E-state index is -0.421. The summed E-state index contributed by atoms with van der Waals surface area (Å²) in [5.41, 5.74) is 1.64. The number of aromatic nitrogens is 1. The Hall–Kier alpha value is -1.32. The van der Waals surface area contributed by atoms with E-state index >= 15 is 0 Å². The highest BCUT2D eigenvalue weighted by molar-refractivity contribution is 6.30. The normalized spacial score (nSPS) is 12.2. The summed E-state index contributed by atoms with van der Waals surface area (Å²) in [7, 11) is 0. The number of nitrogens with one attached hydrogen (secondary N) is 1. The van der Waals surface area contributed by atoms with Crippen LogP contribution in [0.5, 0.6) is 0 Å². The number of nitrogens with zero attached hydrogens (tertiary/aromatic N) is 1. The maximum Gasteiger partial charge on any atom is 0.142 e. The van der Waals surface area contributed by atoms with Crippen molar-refractivity contribution >= 4 is 28.9 Å². The van der Waals surface area contributed by atoms with Crippen molar-refractivity contribution in [3.63, 3.8) is 0 Å². The van der Waals surface area contributed by atoms with Crippen LogP contribution < -0.4 is 5.32 Å². The number of pyridine rings is 1. The third kappa shape index (κ3) is 3.12. The summed E-state index contributed by atoms with van der Waals surface area (Å²) in [5, 5.41) is 3.75. The van der Waals surface area contributed by atoms with Crippen LogP contribution in [0.1, 0.15) is 18.5 Å². The Morgan fingerprint density at radius 2 is 2.00 bits per heavy atom. The van der Waals surface area contributed by atoms with Crippen LogP contribution in [0, 0.1) is 5.82 Å². The van der Waals surface area contributed by atoms with Gasteiger partial charge in [-0.1, -0.05) is 29.3 Å². The van der Waals surface area contributed by atoms with Crippen molar-refractivity contribution < 1.29 is 4.39 Å². The van der Waals surface area contributed by atoms with Crippen LogP contribution >= 0.6 is 23.2 Å². The van der Waals surface area contributed by atoms with Crippen molar-refractivity contribution in [1.29, 1.82) is 0 Å². The van der Waals surface area contributed by atoms with Crippen LogP contribution in [0.2, 0.25) is 10.2 Å². The van der Waals surface area contributed by atoms with Crippen LogP contribution in [0.15, 0.2) is 36.5 Å². The van der Waals surface area contributed by atoms with Gasteiger partial charge in [-0.15, -0.1) is 0 Å². The molecular weight excluding hydrogens is 274 g/mol. The van der Waals surface area contributed by atoms with Gasteiger partial charge in [0.25, 0.3) is 0 Å². The van der Waals surface area contributed by atoms with Crippen molar-refractivity contribution in [1.82, 2.24) is 4.98 Å². The first kappa shape index (κ1) is 13.1. The molecule has 1 atom stereocenters. The Balaban J connectivity index is 2.16. The zero-order valence-electron chi connectivity index (χ0n) is 9.62. The Morgan fingerprint density at radius 3 is 2.67 bits per heavy atom. The number of rotatable bonds is 3. The lowest BCUT2D eigenvalue weighted by Gasteiger charge is -2.16. The van der Waals surface area contributed by atoms with E-state index in [1.165, 1.54) is 6.07 Å². The summed E-state index contributed by atoms with van der Waals surface area (Å²) in [4.78, 5) is 3.89. The van der Waals surface area contributed by atoms with Gasteiger partial charge in [-0.25, -0.2) is 9.37 Å². The molecule has 0 bridgehead atoms. The fraction of sp³-hybridized carbons (Fsp3) is 0.154. The van der Waals surface area contributed by atoms with Gasteiger partial charge in [0.1, 0.15) is 11.0 Å². The third-order valence-corrected chi connectivity index (χ3v) is 3.07. The summed E-state index contributed by atoms with van der Waals surface area (Å²) in [6, 6.07) is 8.20. The van der Waals surface area contributed by atoms with E-state index in [9.17, 15) is 4.39 Å². The molecule has 1 unspecified atom stereocenters. The van der Waals surface area contributed by atoms with Crippen molar-refractivity contribution in [2.75, 3.05) is 5.32 Å². The molecule has 1 aromatic carbocycles. The van der Waals surface area contributed by atoms with E-state index in [-0.39, 0.29) is 11.1 Å². The molecule has 1 aromatic heterocycles. The van der Waals surface area contributed by atoms with E-state index < -0.39 is 5.82 Å². The average molecular weight is 285 g/mol. The van der Waals surface area contributed by atoms with Crippen LogP contribution in [0.3, 0.4) is 0 Å². The van der Waals surface area contributed by atoms with E-state index in [0.29, 0.717) is 5.15 Å². The van der Waals surface area contributed by atoms with Gasteiger partial charge in [0, 0.05) is 17.9 Å². The molecule has 0 radical (unpaired) electrons. The van der Waals surface area contributed by atoms with Crippen LogP contribution in [0.25, 0.3) is 0 Å². The minimum Gasteiger partial charge on any atom is -0.378 e. The largest absolute Gasteiger partial charge is 0.378 e. The first-order valence-corrected chi connectivity index (χ1v) is 6.15. The molecule has 5 heteroatoms. The Kier molecular flexibility index (Phi) is 4.04. The second-order valence-corrected chi connectivity index (χ2v) is 4.70. The van der Waals surface area contributed by atoms with Crippen molar-refractivity contribution in [2.24, 2.45) is 0 Å². The first-order valence-electron chi connectivity index (χ1n) is 5.39. The lowest BCUT2D eigenvalue weighted by Crippen LogP contribution is -2.07. The van der Waals surface area contributed by atoms with Crippen LogP contribution in [0.4, 0.5) is 10.1 Å². The number of anilines is 1. The second kappa shape index (κ2) is 5.55. The van der Waals surface area contributed by atoms with E-state index in [0.717, 1.165) is 11.3 Å². The Labute approximate surface area is 115 Å². The molecule has 1 heterocycles. The number of benzene rings is 1. The van der Waals surface area contributed by atoms with Crippen molar-refractivity contribution in [2.45, 2.75) is 13.0 Å². The lowest BCUT2D eigenvalue weighted by molar-refractivity contribution is 0.624. The van der Waals surface area contributed by atoms with E-state index in [1.807, 2.05) is 6.92 Å². The lowest BCUT2D eigenvalue weighted by atomic mass is 10.1. The molecule has 2 aromatic rings. The summed E-state index contributed by atoms with van der Waals surface area (Å²) in [5.74, 6) is -0.421. The Bertz CT molecular complexity index is 560. The number of halogens is 3. The van der Waals surface area contributed by atoms with Crippen LogP contribution in [-0.4, -0.2) is 4.98 Å². The first-order chi connectivity index (χ1) is 8.56. The fourth-order valence-electron chi connectivity index (χ4n) is 1.61. The summed E-state index contributed by atoms with van der Waals surface area (Å²) in [6.07, 6.45) is 1.61. The predicted octanol–water partition coefficient (Wildman–Crippen LogP) is 4.70. The molecule has 0 saturated heterocycles. The number of hydrogen-bond donors (Lipinski definition) is 1. The standard InChI is InChI=1S/C13H11Cl2FN2/c1-8(9-2-3-11(14)12(16)6-9)18-10-4-5-17-13(15)7-10/h2-8H,1H3,(H,17,18). The average Bonchev–Trinajstić information content (AvgIpc) is 2.32. The van der Waals surface area contributed by atoms with Crippen LogP contribution in [-0.2, 0) is 0 Å². The highest BCUT2D eigenvalue weighted by atomic mass is 35.5. The van der Waals surface area contributed by atoms with E-state index in [2.05, 4.69) is 10.3 Å². The Morgan fingerprint density at radius 1 is 1.22 bits per heavy atom. The van der Waals surface area contributed by atoms with Gasteiger partial charge in [-0.3, -0.25) is 0 Å². The smallest absolute Gasteiger partial charge is 0.142 e. The van der Waals surface area contributed by atoms with Gasteiger partial charge in [0.2, 0.25) is 0 Å². The monoisotopic (exact) mass is 284 g/mol. The van der Waals surface area contributed by atoms with Gasteiger partial charge in [-0.2, -0.15) is 0 Å². The summed E-state index contributed by atoms with van der Waals surface area (Å²) >= 11 is 11.4. The van der Waals surface area contributed by atoms with Crippen molar-refractivity contribution in [3.05, 3.63) is 58.1 Å². The molecule has 18 heavy (non-hydrogen) atoms. The maximum atomic E-state index is 13.4. The molecule has 94 valence electrons. The highest BCUT2D eigenvalue weighted by Crippen LogP contribution is 2.23. The maximum absolute atomic E-state index is 13.4. The molecule has 0 fully saturated rings. The van der Waals surface area contributed by atoms with Gasteiger partial charge in [0.15, 0.2) is 0 Å². The molecule has 0 saturated carbocycles. The molecule has 0 spiro atoms. The second-order valence-electron chi connectivity index (χ2n) is 3.91. The van der Waals surface area contributed by atoms with E-state index in [1.54, 1.807) is 30.5 Å². The molecule has 0 aliphatic carbocycles. The molecular formula is C13H11Cl2FN2. The topological polar surface area (TPSA) is 24.9 Å². The zero-order chi connectivity index (χ0) is 13.1. The SMILES string of the molecule is CC(Nc1ccnc(Cl)c1)c1ccc(Cl)c(F)c1. The summed E-state index contributed by atoms with van der Waals surface area (Å²) < 4.78 is 13.4. The van der Waals surface area contributed by atoms with Gasteiger partial charge in [0.05, 0.1) is 5.02 Å². The van der Waals surface area contributed by atoms with Gasteiger partial charge >= 0.3 is 0 Å². The molecule has 2 rings (SSSR count). The third-order valence-electron chi connectivity index (χ3n) is 2.55. The molecule has 0 amide bonds. The van der Waals surface area contributed by atoms with Gasteiger partial charge in [-0.05, 0) is 36.8 Å². The molecule has 1 N–H and O–H groups in total. The van der Waals surface area contributed by atoms with Gasteiger partial charge < -0.3 is 5.32 Å². The number of hydrogen-bond acceptors (Lipinski definition) is 2. The fourth-order valence-corrected chi connectivity index (χ4v) is 1.90. The quantitative estimate of drug-likeness (QED) is 0.827. The van der Waals surface area contributed by atoms with E-state index in [4.69, 9.17) is 23.2 Å². The summed E-state index contributed by atoms with van der Waals surface area (Å²) in [6.45, 7) is 1.93.